The highest BCUT2D eigenvalue weighted by Gasteiger charge is 2.19. The van der Waals surface area contributed by atoms with Crippen molar-refractivity contribution < 1.29 is 9.90 Å². The number of nitrogens with zero attached hydrogens (tertiary/aromatic N) is 1. The molecule has 0 bridgehead atoms. The molecule has 22 heavy (non-hydrogen) atoms. The maximum Gasteiger partial charge on any atom is 0.262 e. The summed E-state index contributed by atoms with van der Waals surface area (Å²) in [6.45, 7) is 2.46. The molecule has 3 nitrogen and oxygen atoms in total. The minimum atomic E-state index is -0.197. The van der Waals surface area contributed by atoms with Gasteiger partial charge in [0.15, 0.2) is 0 Å². The van der Waals surface area contributed by atoms with E-state index in [9.17, 15) is 9.90 Å². The van der Waals surface area contributed by atoms with E-state index in [1.54, 1.807) is 17.0 Å². The van der Waals surface area contributed by atoms with Crippen LogP contribution in [-0.2, 0) is 0 Å². The number of phenols is 1. The van der Waals surface area contributed by atoms with Crippen LogP contribution in [0.15, 0.2) is 66.7 Å². The Bertz CT molecular complexity index is 812. The quantitative estimate of drug-likeness (QED) is 0.785. The molecule has 0 unspecified atom stereocenters. The van der Waals surface area contributed by atoms with Crippen LogP contribution in [0, 0.1) is 0 Å². The van der Waals surface area contributed by atoms with Crippen LogP contribution in [0.4, 0.5) is 5.69 Å². The summed E-state index contributed by atoms with van der Waals surface area (Å²) in [5.41, 5.74) is 1.15. The van der Waals surface area contributed by atoms with Crippen molar-refractivity contribution in [1.29, 1.82) is 0 Å². The van der Waals surface area contributed by atoms with Crippen molar-refractivity contribution in [3.05, 3.63) is 72.3 Å². The molecule has 0 aliphatic heterocycles. The number of aromatic hydroxyl groups is 1. The summed E-state index contributed by atoms with van der Waals surface area (Å²) in [7, 11) is 0. The number of hydrogen-bond donors (Lipinski definition) is 1. The number of carbonyl (C=O) groups is 1. The molecular formula is C19H17NO2. The van der Waals surface area contributed by atoms with Gasteiger partial charge >= 0.3 is 0 Å². The van der Waals surface area contributed by atoms with Crippen LogP contribution in [0.2, 0.25) is 0 Å². The van der Waals surface area contributed by atoms with Gasteiger partial charge in [-0.25, -0.2) is 0 Å². The lowest BCUT2D eigenvalue weighted by Crippen LogP contribution is -2.30. The fourth-order valence-corrected chi connectivity index (χ4v) is 2.60. The van der Waals surface area contributed by atoms with E-state index >= 15 is 0 Å². The number of amides is 1. The van der Waals surface area contributed by atoms with Gasteiger partial charge in [0.05, 0.1) is 5.56 Å². The zero-order chi connectivity index (χ0) is 15.5. The van der Waals surface area contributed by atoms with E-state index in [0.29, 0.717) is 12.1 Å². The molecule has 110 valence electrons. The van der Waals surface area contributed by atoms with Gasteiger partial charge in [0, 0.05) is 12.2 Å². The predicted octanol–water partition coefficient (Wildman–Crippen LogP) is 4.21. The summed E-state index contributed by atoms with van der Waals surface area (Å²) in [6.07, 6.45) is 0. The van der Waals surface area contributed by atoms with E-state index in [2.05, 4.69) is 0 Å². The van der Waals surface area contributed by atoms with Gasteiger partial charge in [-0.3, -0.25) is 4.79 Å². The first-order valence-electron chi connectivity index (χ1n) is 7.29. The summed E-state index contributed by atoms with van der Waals surface area (Å²) in [6, 6.07) is 20.5. The standard InChI is InChI=1S/C19H17NO2/c1-2-20(16-10-4-3-5-11-16)19(22)17-12-14-8-6-7-9-15(14)13-18(17)21/h3-13,21H,2H2,1H3. The third kappa shape index (κ3) is 2.53. The Morgan fingerprint density at radius 1 is 0.955 bits per heavy atom. The molecular weight excluding hydrogens is 274 g/mol. The Labute approximate surface area is 129 Å². The number of anilines is 1. The molecule has 0 heterocycles. The number of para-hydroxylation sites is 1. The van der Waals surface area contributed by atoms with Crippen molar-refractivity contribution in [2.45, 2.75) is 6.92 Å². The Balaban J connectivity index is 2.05. The van der Waals surface area contributed by atoms with Crippen LogP contribution in [0.5, 0.6) is 5.75 Å². The predicted molar refractivity (Wildman–Crippen MR) is 89.4 cm³/mol. The van der Waals surface area contributed by atoms with E-state index in [0.717, 1.165) is 16.5 Å². The van der Waals surface area contributed by atoms with Crippen LogP contribution >= 0.6 is 0 Å². The molecule has 1 amide bonds. The van der Waals surface area contributed by atoms with Gasteiger partial charge in [-0.15, -0.1) is 0 Å². The first-order chi connectivity index (χ1) is 10.7. The molecule has 3 aromatic rings. The number of carbonyl (C=O) groups excluding carboxylic acids is 1. The number of benzene rings is 3. The van der Waals surface area contributed by atoms with E-state index in [-0.39, 0.29) is 11.7 Å². The summed E-state index contributed by atoms with van der Waals surface area (Å²) < 4.78 is 0. The second-order valence-electron chi connectivity index (χ2n) is 5.10. The fraction of sp³-hybridized carbons (Fsp3) is 0.105. The van der Waals surface area contributed by atoms with Gasteiger partial charge in [-0.2, -0.15) is 0 Å². The molecule has 0 spiro atoms. The zero-order valence-electron chi connectivity index (χ0n) is 12.4. The Morgan fingerprint density at radius 2 is 1.55 bits per heavy atom. The van der Waals surface area contributed by atoms with Gasteiger partial charge < -0.3 is 10.0 Å². The van der Waals surface area contributed by atoms with Crippen LogP contribution in [0.25, 0.3) is 10.8 Å². The molecule has 0 atom stereocenters. The van der Waals surface area contributed by atoms with Crippen molar-refractivity contribution in [3.8, 4) is 5.75 Å². The maximum atomic E-state index is 12.8. The summed E-state index contributed by atoms with van der Waals surface area (Å²) in [5, 5.41) is 12.1. The van der Waals surface area contributed by atoms with E-state index in [1.807, 2.05) is 61.5 Å². The molecule has 0 aliphatic carbocycles. The maximum absolute atomic E-state index is 12.8. The van der Waals surface area contributed by atoms with E-state index in [1.165, 1.54) is 0 Å². The summed E-state index contributed by atoms with van der Waals surface area (Å²) in [5.74, 6) is -0.185. The van der Waals surface area contributed by atoms with Gasteiger partial charge in [-0.1, -0.05) is 42.5 Å². The normalized spacial score (nSPS) is 10.6. The highest BCUT2D eigenvalue weighted by molar-refractivity contribution is 6.10. The van der Waals surface area contributed by atoms with Gasteiger partial charge in [0.2, 0.25) is 0 Å². The lowest BCUT2D eigenvalue weighted by Gasteiger charge is -2.21. The minimum Gasteiger partial charge on any atom is -0.507 e. The SMILES string of the molecule is CCN(C(=O)c1cc2ccccc2cc1O)c1ccccc1. The summed E-state index contributed by atoms with van der Waals surface area (Å²) >= 11 is 0. The molecule has 0 aliphatic rings. The smallest absolute Gasteiger partial charge is 0.262 e. The lowest BCUT2D eigenvalue weighted by atomic mass is 10.0. The average Bonchev–Trinajstić information content (AvgIpc) is 2.55. The average molecular weight is 291 g/mol. The second-order valence-corrected chi connectivity index (χ2v) is 5.10. The van der Waals surface area contributed by atoms with Crippen molar-refractivity contribution in [2.24, 2.45) is 0 Å². The number of fused-ring (bicyclic) bond motifs is 1. The number of phenolic OH excluding ortho intramolecular Hbond substituents is 1. The second kappa shape index (κ2) is 5.90. The molecule has 0 fully saturated rings. The third-order valence-electron chi connectivity index (χ3n) is 3.72. The largest absolute Gasteiger partial charge is 0.507 e. The molecule has 0 saturated heterocycles. The Morgan fingerprint density at radius 3 is 2.18 bits per heavy atom. The molecule has 0 saturated carbocycles. The summed E-state index contributed by atoms with van der Waals surface area (Å²) in [4.78, 5) is 14.5. The van der Waals surface area contributed by atoms with Gasteiger partial charge in [0.25, 0.3) is 5.91 Å². The molecule has 3 rings (SSSR count). The van der Waals surface area contributed by atoms with Crippen LogP contribution in [0.3, 0.4) is 0 Å². The highest BCUT2D eigenvalue weighted by Crippen LogP contribution is 2.27. The first kappa shape index (κ1) is 14.1. The van der Waals surface area contributed by atoms with Crippen molar-refractivity contribution >= 4 is 22.4 Å². The number of hydrogen-bond acceptors (Lipinski definition) is 2. The van der Waals surface area contributed by atoms with E-state index < -0.39 is 0 Å². The van der Waals surface area contributed by atoms with Crippen LogP contribution < -0.4 is 4.90 Å². The van der Waals surface area contributed by atoms with Gasteiger partial charge in [-0.05, 0) is 42.0 Å². The molecule has 3 aromatic carbocycles. The van der Waals surface area contributed by atoms with Crippen LogP contribution in [-0.4, -0.2) is 17.6 Å². The molecule has 1 N–H and O–H groups in total. The molecule has 0 aromatic heterocycles. The number of rotatable bonds is 3. The topological polar surface area (TPSA) is 40.5 Å². The van der Waals surface area contributed by atoms with Crippen LogP contribution in [0.1, 0.15) is 17.3 Å². The monoisotopic (exact) mass is 291 g/mol. The molecule has 3 heteroatoms. The van der Waals surface area contributed by atoms with Crippen molar-refractivity contribution in [1.82, 2.24) is 0 Å². The minimum absolute atomic E-state index is 0.0121. The Kier molecular flexibility index (Phi) is 3.79. The van der Waals surface area contributed by atoms with Gasteiger partial charge in [0.1, 0.15) is 5.75 Å². The fourth-order valence-electron chi connectivity index (χ4n) is 2.60. The van der Waals surface area contributed by atoms with E-state index in [4.69, 9.17) is 0 Å². The molecule has 0 radical (unpaired) electrons. The third-order valence-corrected chi connectivity index (χ3v) is 3.72. The first-order valence-corrected chi connectivity index (χ1v) is 7.29. The highest BCUT2D eigenvalue weighted by atomic mass is 16.3. The Hall–Kier alpha value is -2.81. The zero-order valence-corrected chi connectivity index (χ0v) is 12.4. The van der Waals surface area contributed by atoms with Crippen molar-refractivity contribution in [3.63, 3.8) is 0 Å². The lowest BCUT2D eigenvalue weighted by molar-refractivity contribution is 0.0986. The van der Waals surface area contributed by atoms with Crippen molar-refractivity contribution in [2.75, 3.05) is 11.4 Å².